The molecule has 0 spiro atoms. The lowest BCUT2D eigenvalue weighted by Gasteiger charge is -2.19. The number of nitrogens with one attached hydrogen (secondary N) is 2. The van der Waals surface area contributed by atoms with E-state index in [-0.39, 0.29) is 5.41 Å². The maximum atomic E-state index is 4.51. The van der Waals surface area contributed by atoms with Gasteiger partial charge in [0, 0.05) is 11.7 Å². The first-order valence-corrected chi connectivity index (χ1v) is 8.34. The second-order valence-electron chi connectivity index (χ2n) is 7.24. The van der Waals surface area contributed by atoms with E-state index in [0.29, 0.717) is 17.8 Å². The van der Waals surface area contributed by atoms with Gasteiger partial charge in [0.25, 0.3) is 0 Å². The predicted octanol–water partition coefficient (Wildman–Crippen LogP) is 4.27. The summed E-state index contributed by atoms with van der Waals surface area (Å²) in [4.78, 5) is 4.51. The van der Waals surface area contributed by atoms with Crippen LogP contribution >= 0.6 is 0 Å². The maximum absolute atomic E-state index is 4.51. The Kier molecular flexibility index (Phi) is 4.46. The molecule has 0 radical (unpaired) electrons. The fraction of sp³-hybridized carbons (Fsp3) is 0.500. The third-order valence-electron chi connectivity index (χ3n) is 4.27. The van der Waals surface area contributed by atoms with Gasteiger partial charge in [0.1, 0.15) is 0 Å². The van der Waals surface area contributed by atoms with Crippen molar-refractivity contribution in [3.8, 4) is 0 Å². The van der Waals surface area contributed by atoms with Gasteiger partial charge in [0.2, 0.25) is 5.95 Å². The van der Waals surface area contributed by atoms with Gasteiger partial charge in [-0.15, -0.1) is 5.10 Å². The highest BCUT2D eigenvalue weighted by atomic mass is 15.3. The first-order chi connectivity index (χ1) is 11.0. The van der Waals surface area contributed by atoms with Crippen LogP contribution in [0, 0.1) is 0 Å². The Labute approximate surface area is 137 Å². The second-order valence-corrected chi connectivity index (χ2v) is 7.24. The van der Waals surface area contributed by atoms with Gasteiger partial charge in [-0.2, -0.15) is 10.1 Å². The number of hydrogen-bond donors (Lipinski definition) is 2. The van der Waals surface area contributed by atoms with E-state index in [9.17, 15) is 0 Å². The minimum atomic E-state index is 0.160. The van der Waals surface area contributed by atoms with Crippen LogP contribution in [0.1, 0.15) is 52.0 Å². The van der Waals surface area contributed by atoms with Crippen molar-refractivity contribution < 1.29 is 0 Å². The second kappa shape index (κ2) is 6.52. The molecule has 1 aromatic carbocycles. The van der Waals surface area contributed by atoms with Crippen LogP contribution in [0.4, 0.5) is 17.5 Å². The van der Waals surface area contributed by atoms with Gasteiger partial charge >= 0.3 is 0 Å². The quantitative estimate of drug-likeness (QED) is 0.883. The third kappa shape index (κ3) is 4.18. The van der Waals surface area contributed by atoms with E-state index >= 15 is 0 Å². The molecule has 1 aromatic heterocycles. The smallest absolute Gasteiger partial charge is 0.244 e. The molecule has 1 aliphatic rings. The number of hydrogen-bond acceptors (Lipinski definition) is 5. The summed E-state index contributed by atoms with van der Waals surface area (Å²) in [7, 11) is 0. The molecular weight excluding hydrogens is 286 g/mol. The Balaban J connectivity index is 1.67. The molecule has 0 unspecified atom stereocenters. The van der Waals surface area contributed by atoms with Crippen molar-refractivity contribution in [2.75, 3.05) is 10.6 Å². The highest BCUT2D eigenvalue weighted by molar-refractivity contribution is 5.56. The van der Waals surface area contributed by atoms with E-state index in [2.05, 4.69) is 70.9 Å². The highest BCUT2D eigenvalue weighted by Gasteiger charge is 2.16. The molecule has 2 aromatic rings. The molecule has 2 N–H and O–H groups in total. The van der Waals surface area contributed by atoms with Crippen LogP contribution < -0.4 is 10.6 Å². The standard InChI is InChI=1S/C18H25N5/c1-18(2,3)13-8-10-15(11-9-13)20-16-12-19-23-17(22-16)21-14-6-4-5-7-14/h8-12,14H,4-7H2,1-3H3,(H2,20,21,22,23). The summed E-state index contributed by atoms with van der Waals surface area (Å²) in [6.45, 7) is 6.64. The molecule has 0 amide bonds. The summed E-state index contributed by atoms with van der Waals surface area (Å²) in [6, 6.07) is 8.93. The Hall–Kier alpha value is -2.17. The van der Waals surface area contributed by atoms with E-state index in [4.69, 9.17) is 0 Å². The summed E-state index contributed by atoms with van der Waals surface area (Å²) in [5.74, 6) is 1.32. The third-order valence-corrected chi connectivity index (χ3v) is 4.27. The van der Waals surface area contributed by atoms with Gasteiger partial charge in [0.15, 0.2) is 5.82 Å². The molecule has 0 saturated heterocycles. The molecule has 1 saturated carbocycles. The zero-order chi connectivity index (χ0) is 16.3. The van der Waals surface area contributed by atoms with Crippen LogP contribution in [-0.2, 0) is 5.41 Å². The molecule has 1 aliphatic carbocycles. The fourth-order valence-corrected chi connectivity index (χ4v) is 2.88. The Morgan fingerprint density at radius 3 is 2.39 bits per heavy atom. The molecule has 1 fully saturated rings. The molecule has 5 nitrogen and oxygen atoms in total. The molecule has 122 valence electrons. The number of benzene rings is 1. The molecular formula is C18H25N5. The monoisotopic (exact) mass is 311 g/mol. The zero-order valence-electron chi connectivity index (χ0n) is 14.1. The van der Waals surface area contributed by atoms with Gasteiger partial charge in [-0.25, -0.2) is 0 Å². The first-order valence-electron chi connectivity index (χ1n) is 8.34. The average molecular weight is 311 g/mol. The van der Waals surface area contributed by atoms with E-state index in [1.54, 1.807) is 6.20 Å². The Morgan fingerprint density at radius 1 is 1.04 bits per heavy atom. The minimum Gasteiger partial charge on any atom is -0.350 e. The lowest BCUT2D eigenvalue weighted by Crippen LogP contribution is -2.17. The average Bonchev–Trinajstić information content (AvgIpc) is 3.00. The van der Waals surface area contributed by atoms with E-state index in [0.717, 1.165) is 5.69 Å². The van der Waals surface area contributed by atoms with Crippen molar-refractivity contribution in [3.05, 3.63) is 36.0 Å². The summed E-state index contributed by atoms with van der Waals surface area (Å²) < 4.78 is 0. The molecule has 5 heteroatoms. The molecule has 0 bridgehead atoms. The summed E-state index contributed by atoms with van der Waals surface area (Å²) in [5, 5.41) is 14.8. The molecule has 0 aliphatic heterocycles. The highest BCUT2D eigenvalue weighted by Crippen LogP contribution is 2.25. The molecule has 1 heterocycles. The summed E-state index contributed by atoms with van der Waals surface area (Å²) >= 11 is 0. The topological polar surface area (TPSA) is 62.7 Å². The van der Waals surface area contributed by atoms with Crippen LogP contribution in [0.3, 0.4) is 0 Å². The zero-order valence-corrected chi connectivity index (χ0v) is 14.1. The van der Waals surface area contributed by atoms with Crippen molar-refractivity contribution in [2.24, 2.45) is 0 Å². The van der Waals surface area contributed by atoms with Crippen LogP contribution in [0.15, 0.2) is 30.5 Å². The number of aromatic nitrogens is 3. The van der Waals surface area contributed by atoms with Gasteiger partial charge in [-0.3, -0.25) is 0 Å². The maximum Gasteiger partial charge on any atom is 0.244 e. The van der Waals surface area contributed by atoms with E-state index < -0.39 is 0 Å². The fourth-order valence-electron chi connectivity index (χ4n) is 2.88. The summed E-state index contributed by atoms with van der Waals surface area (Å²) in [6.07, 6.45) is 6.59. The lowest BCUT2D eigenvalue weighted by atomic mass is 9.87. The van der Waals surface area contributed by atoms with Crippen molar-refractivity contribution in [1.29, 1.82) is 0 Å². The van der Waals surface area contributed by atoms with Crippen molar-refractivity contribution >= 4 is 17.5 Å². The van der Waals surface area contributed by atoms with Gasteiger partial charge in [0.05, 0.1) is 6.20 Å². The SMILES string of the molecule is CC(C)(C)c1ccc(Nc2cnnc(NC3CCCC3)n2)cc1. The van der Waals surface area contributed by atoms with Crippen molar-refractivity contribution in [3.63, 3.8) is 0 Å². The largest absolute Gasteiger partial charge is 0.350 e. The van der Waals surface area contributed by atoms with Gasteiger partial charge in [-0.05, 0) is 36.0 Å². The van der Waals surface area contributed by atoms with Crippen molar-refractivity contribution in [2.45, 2.75) is 57.9 Å². The lowest BCUT2D eigenvalue weighted by molar-refractivity contribution is 0.590. The Morgan fingerprint density at radius 2 is 1.74 bits per heavy atom. The predicted molar refractivity (Wildman–Crippen MR) is 94.1 cm³/mol. The normalized spacial score (nSPS) is 15.6. The van der Waals surface area contributed by atoms with Gasteiger partial charge in [-0.1, -0.05) is 45.7 Å². The van der Waals surface area contributed by atoms with Gasteiger partial charge < -0.3 is 10.6 Å². The molecule has 3 rings (SSSR count). The van der Waals surface area contributed by atoms with E-state index in [1.807, 2.05) is 0 Å². The number of nitrogens with zero attached hydrogens (tertiary/aromatic N) is 3. The Bertz CT molecular complexity index is 639. The van der Waals surface area contributed by atoms with Crippen LogP contribution in [0.2, 0.25) is 0 Å². The number of anilines is 3. The first kappa shape index (κ1) is 15.7. The number of rotatable bonds is 4. The van der Waals surface area contributed by atoms with Crippen molar-refractivity contribution in [1.82, 2.24) is 15.2 Å². The minimum absolute atomic E-state index is 0.160. The summed E-state index contributed by atoms with van der Waals surface area (Å²) in [5.41, 5.74) is 2.48. The molecule has 0 atom stereocenters. The molecule has 23 heavy (non-hydrogen) atoms. The van der Waals surface area contributed by atoms with E-state index in [1.165, 1.54) is 31.2 Å². The van der Waals surface area contributed by atoms with Crippen LogP contribution in [0.25, 0.3) is 0 Å². The van der Waals surface area contributed by atoms with Crippen LogP contribution in [0.5, 0.6) is 0 Å². The van der Waals surface area contributed by atoms with Crippen LogP contribution in [-0.4, -0.2) is 21.2 Å².